The Balaban J connectivity index is 1.31. The summed E-state index contributed by atoms with van der Waals surface area (Å²) in [5.41, 5.74) is 7.56. The highest BCUT2D eigenvalue weighted by Crippen LogP contribution is 2.27. The molecule has 3 amide bonds. The lowest BCUT2D eigenvalue weighted by molar-refractivity contribution is -0.135. The SMILES string of the molecule is Cc1nc(-c2ccccc2)sc1C(=O)NNC(=O)C1CCCN(C(=O)Cc2ccccc2)C1. The maximum absolute atomic E-state index is 12.7. The van der Waals surface area contributed by atoms with Crippen LogP contribution in [0.25, 0.3) is 10.6 Å². The summed E-state index contributed by atoms with van der Waals surface area (Å²) in [6, 6.07) is 19.2. The van der Waals surface area contributed by atoms with Crippen molar-refractivity contribution in [3.63, 3.8) is 0 Å². The van der Waals surface area contributed by atoms with Gasteiger partial charge in [0.05, 0.1) is 18.0 Å². The van der Waals surface area contributed by atoms with Gasteiger partial charge in [0.15, 0.2) is 0 Å². The van der Waals surface area contributed by atoms with Gasteiger partial charge < -0.3 is 4.90 Å². The van der Waals surface area contributed by atoms with E-state index >= 15 is 0 Å². The van der Waals surface area contributed by atoms with Crippen molar-refractivity contribution in [1.82, 2.24) is 20.7 Å². The number of thiazole rings is 1. The zero-order chi connectivity index (χ0) is 23.2. The van der Waals surface area contributed by atoms with Crippen LogP contribution in [-0.2, 0) is 16.0 Å². The third kappa shape index (κ3) is 5.64. The first-order chi connectivity index (χ1) is 16.0. The van der Waals surface area contributed by atoms with Crippen LogP contribution in [0.2, 0.25) is 0 Å². The van der Waals surface area contributed by atoms with E-state index in [1.807, 2.05) is 60.7 Å². The van der Waals surface area contributed by atoms with Crippen molar-refractivity contribution >= 4 is 29.1 Å². The second-order valence-electron chi connectivity index (χ2n) is 8.08. The lowest BCUT2D eigenvalue weighted by atomic mass is 9.97. The van der Waals surface area contributed by atoms with Crippen LogP contribution in [0, 0.1) is 12.8 Å². The first-order valence-electron chi connectivity index (χ1n) is 11.0. The number of hydrogen-bond donors (Lipinski definition) is 2. The fraction of sp³-hybridized carbons (Fsp3) is 0.280. The minimum atomic E-state index is -0.395. The zero-order valence-corrected chi connectivity index (χ0v) is 19.2. The third-order valence-electron chi connectivity index (χ3n) is 5.67. The number of hydrazine groups is 1. The number of nitrogens with zero attached hydrogens (tertiary/aromatic N) is 2. The van der Waals surface area contributed by atoms with Gasteiger partial charge in [-0.25, -0.2) is 4.98 Å². The highest BCUT2D eigenvalue weighted by atomic mass is 32.1. The number of aromatic nitrogens is 1. The molecular formula is C25H26N4O3S. The Bertz CT molecular complexity index is 1130. The smallest absolute Gasteiger partial charge is 0.281 e. The van der Waals surface area contributed by atoms with Crippen molar-refractivity contribution in [2.75, 3.05) is 13.1 Å². The van der Waals surface area contributed by atoms with Crippen molar-refractivity contribution in [2.45, 2.75) is 26.2 Å². The van der Waals surface area contributed by atoms with Crippen molar-refractivity contribution < 1.29 is 14.4 Å². The minimum Gasteiger partial charge on any atom is -0.342 e. The molecule has 0 aliphatic carbocycles. The molecule has 1 fully saturated rings. The molecule has 1 unspecified atom stereocenters. The fourth-order valence-corrected chi connectivity index (χ4v) is 4.86. The van der Waals surface area contributed by atoms with E-state index in [1.54, 1.807) is 11.8 Å². The second kappa shape index (κ2) is 10.4. The summed E-state index contributed by atoms with van der Waals surface area (Å²) in [5.74, 6) is -1.03. The van der Waals surface area contributed by atoms with Gasteiger partial charge in [-0.05, 0) is 25.3 Å². The van der Waals surface area contributed by atoms with Crippen LogP contribution in [0.5, 0.6) is 0 Å². The summed E-state index contributed by atoms with van der Waals surface area (Å²) in [5, 5.41) is 0.754. The molecule has 1 aliphatic heterocycles. The van der Waals surface area contributed by atoms with Crippen LogP contribution in [-0.4, -0.2) is 40.7 Å². The van der Waals surface area contributed by atoms with Gasteiger partial charge in [0, 0.05) is 18.7 Å². The predicted octanol–water partition coefficient (Wildman–Crippen LogP) is 3.36. The zero-order valence-electron chi connectivity index (χ0n) is 18.4. The van der Waals surface area contributed by atoms with Gasteiger partial charge in [-0.15, -0.1) is 11.3 Å². The Morgan fingerprint density at radius 3 is 2.45 bits per heavy atom. The van der Waals surface area contributed by atoms with Crippen molar-refractivity contribution in [1.29, 1.82) is 0 Å². The molecule has 0 radical (unpaired) electrons. The number of hydrogen-bond acceptors (Lipinski definition) is 5. The van der Waals surface area contributed by atoms with Gasteiger partial charge in [0.25, 0.3) is 5.91 Å². The molecule has 0 bridgehead atoms. The standard InChI is InChI=1S/C25H26N4O3S/c1-17-22(33-25(26-17)19-11-6-3-7-12-19)24(32)28-27-23(31)20-13-8-14-29(16-20)21(30)15-18-9-4-2-5-10-18/h2-7,9-12,20H,8,13-16H2,1H3,(H,27,31)(H,28,32). The second-order valence-corrected chi connectivity index (χ2v) is 9.08. The van der Waals surface area contributed by atoms with Gasteiger partial charge in [0.2, 0.25) is 11.8 Å². The van der Waals surface area contributed by atoms with Gasteiger partial charge >= 0.3 is 0 Å². The number of carbonyl (C=O) groups excluding carboxylic acids is 3. The van der Waals surface area contributed by atoms with Gasteiger partial charge in [-0.3, -0.25) is 25.2 Å². The van der Waals surface area contributed by atoms with E-state index in [9.17, 15) is 14.4 Å². The molecule has 1 atom stereocenters. The molecule has 2 aromatic carbocycles. The summed E-state index contributed by atoms with van der Waals surface area (Å²) < 4.78 is 0. The van der Waals surface area contributed by atoms with Gasteiger partial charge in [-0.2, -0.15) is 0 Å². The molecular weight excluding hydrogens is 436 g/mol. The molecule has 1 saturated heterocycles. The van der Waals surface area contributed by atoms with Crippen LogP contribution in [0.4, 0.5) is 0 Å². The van der Waals surface area contributed by atoms with Crippen LogP contribution in [0.1, 0.15) is 33.8 Å². The molecule has 0 saturated carbocycles. The lowest BCUT2D eigenvalue weighted by Gasteiger charge is -2.32. The molecule has 0 spiro atoms. The quantitative estimate of drug-likeness (QED) is 0.569. The number of nitrogens with one attached hydrogen (secondary N) is 2. The number of piperidine rings is 1. The fourth-order valence-electron chi connectivity index (χ4n) is 3.89. The molecule has 3 aromatic rings. The Labute approximate surface area is 196 Å². The highest BCUT2D eigenvalue weighted by molar-refractivity contribution is 7.17. The highest BCUT2D eigenvalue weighted by Gasteiger charge is 2.29. The summed E-state index contributed by atoms with van der Waals surface area (Å²) in [6.45, 7) is 2.77. The van der Waals surface area contributed by atoms with Crippen LogP contribution in [0.15, 0.2) is 60.7 Å². The van der Waals surface area contributed by atoms with E-state index in [0.29, 0.717) is 36.5 Å². The van der Waals surface area contributed by atoms with E-state index in [1.165, 1.54) is 11.3 Å². The number of carbonyl (C=O) groups is 3. The molecule has 7 nitrogen and oxygen atoms in total. The Morgan fingerprint density at radius 1 is 1.03 bits per heavy atom. The molecule has 2 heterocycles. The van der Waals surface area contributed by atoms with Crippen molar-refractivity contribution in [3.05, 3.63) is 76.8 Å². The average molecular weight is 463 g/mol. The van der Waals surface area contributed by atoms with Crippen LogP contribution < -0.4 is 10.9 Å². The van der Waals surface area contributed by atoms with Crippen molar-refractivity contribution in [3.8, 4) is 10.6 Å². The number of amides is 3. The summed E-state index contributed by atoms with van der Waals surface area (Å²) in [4.78, 5) is 44.7. The molecule has 8 heteroatoms. The molecule has 1 aliphatic rings. The number of aryl methyl sites for hydroxylation is 1. The maximum Gasteiger partial charge on any atom is 0.281 e. The lowest BCUT2D eigenvalue weighted by Crippen LogP contribution is -2.50. The van der Waals surface area contributed by atoms with E-state index in [0.717, 1.165) is 22.6 Å². The van der Waals surface area contributed by atoms with E-state index in [-0.39, 0.29) is 17.7 Å². The molecule has 170 valence electrons. The molecule has 33 heavy (non-hydrogen) atoms. The van der Waals surface area contributed by atoms with Crippen molar-refractivity contribution in [2.24, 2.45) is 5.92 Å². The first kappa shape index (κ1) is 22.7. The average Bonchev–Trinajstić information content (AvgIpc) is 3.25. The van der Waals surface area contributed by atoms with Crippen LogP contribution >= 0.6 is 11.3 Å². The Hall–Kier alpha value is -3.52. The van der Waals surface area contributed by atoms with Crippen LogP contribution in [0.3, 0.4) is 0 Å². The molecule has 1 aromatic heterocycles. The minimum absolute atomic E-state index is 0.0106. The maximum atomic E-state index is 12.7. The number of rotatable bonds is 5. The van der Waals surface area contributed by atoms with E-state index in [2.05, 4.69) is 15.8 Å². The first-order valence-corrected chi connectivity index (χ1v) is 11.8. The monoisotopic (exact) mass is 462 g/mol. The summed E-state index contributed by atoms with van der Waals surface area (Å²) in [6.07, 6.45) is 1.75. The van der Waals surface area contributed by atoms with E-state index in [4.69, 9.17) is 0 Å². The number of likely N-dealkylation sites (tertiary alicyclic amines) is 1. The third-order valence-corrected chi connectivity index (χ3v) is 6.87. The molecule has 2 N–H and O–H groups in total. The van der Waals surface area contributed by atoms with E-state index < -0.39 is 5.91 Å². The summed E-state index contributed by atoms with van der Waals surface area (Å²) in [7, 11) is 0. The van der Waals surface area contributed by atoms with Gasteiger partial charge in [0.1, 0.15) is 9.88 Å². The normalized spacial score (nSPS) is 15.7. The largest absolute Gasteiger partial charge is 0.342 e. The Morgan fingerprint density at radius 2 is 1.73 bits per heavy atom. The Kier molecular flexibility index (Phi) is 7.14. The number of benzene rings is 2. The summed E-state index contributed by atoms with van der Waals surface area (Å²) >= 11 is 1.29. The predicted molar refractivity (Wildman–Crippen MR) is 127 cm³/mol. The molecule has 4 rings (SSSR count). The topological polar surface area (TPSA) is 91.4 Å². The van der Waals surface area contributed by atoms with Gasteiger partial charge in [-0.1, -0.05) is 60.7 Å².